The third-order valence-corrected chi connectivity index (χ3v) is 3.01. The minimum atomic E-state index is 0.493. The highest BCUT2D eigenvalue weighted by Gasteiger charge is 2.02. The largest absolute Gasteiger partial charge is 0.398 e. The van der Waals surface area contributed by atoms with Crippen molar-refractivity contribution in [2.24, 2.45) is 0 Å². The molecule has 0 saturated heterocycles. The lowest BCUT2D eigenvalue weighted by molar-refractivity contribution is 1.48. The molecule has 0 spiro atoms. The summed E-state index contributed by atoms with van der Waals surface area (Å²) in [5, 5.41) is 9.04. The van der Waals surface area contributed by atoms with Crippen LogP contribution in [0.25, 0.3) is 0 Å². The second-order valence-corrected chi connectivity index (χ2v) is 3.46. The van der Waals surface area contributed by atoms with E-state index in [-0.39, 0.29) is 0 Å². The Balaban J connectivity index is 3.35. The van der Waals surface area contributed by atoms with Gasteiger partial charge in [0, 0.05) is 5.69 Å². The molecule has 2 N–H and O–H groups in total. The summed E-state index contributed by atoms with van der Waals surface area (Å²) in [5.74, 6) is 0. The van der Waals surface area contributed by atoms with Crippen LogP contribution in [0.4, 0.5) is 5.69 Å². The molecule has 0 amide bonds. The van der Waals surface area contributed by atoms with Crippen LogP contribution in [0.15, 0.2) is 12.1 Å². The van der Waals surface area contributed by atoms with Gasteiger partial charge in [-0.25, -0.2) is 0 Å². The maximum Gasteiger partial charge on any atom is 0.0992 e. The zero-order valence-electron chi connectivity index (χ0n) is 5.44. The van der Waals surface area contributed by atoms with E-state index in [9.17, 15) is 0 Å². The van der Waals surface area contributed by atoms with Gasteiger partial charge in [-0.1, -0.05) is 11.6 Å². The lowest BCUT2D eigenvalue weighted by Gasteiger charge is -1.99. The van der Waals surface area contributed by atoms with Crippen LogP contribution in [-0.4, -0.2) is 0 Å². The smallest absolute Gasteiger partial charge is 0.0992 e. The number of hydrogen-bond acceptors (Lipinski definition) is 2. The van der Waals surface area contributed by atoms with Gasteiger partial charge in [-0.2, -0.15) is 5.26 Å². The number of halogens is 2. The Morgan fingerprint density at radius 1 is 1.55 bits per heavy atom. The molecule has 1 rings (SSSR count). The molecule has 4 heteroatoms. The topological polar surface area (TPSA) is 49.8 Å². The highest BCUT2D eigenvalue weighted by Crippen LogP contribution is 2.25. The molecule has 1 aromatic carbocycles. The molecule has 0 unspecified atom stereocenters. The third kappa shape index (κ3) is 1.76. The molecule has 0 aromatic heterocycles. The Kier molecular flexibility index (Phi) is 2.58. The molecule has 2 nitrogen and oxygen atoms in total. The summed E-state index contributed by atoms with van der Waals surface area (Å²) < 4.78 is 0.795. The molecule has 0 aliphatic heterocycles. The summed E-state index contributed by atoms with van der Waals surface area (Å²) in [5.41, 5.74) is 6.60. The molecule has 1 aromatic rings. The lowest BCUT2D eigenvalue weighted by Crippen LogP contribution is -1.91. The van der Waals surface area contributed by atoms with Crippen molar-refractivity contribution in [1.82, 2.24) is 0 Å². The highest BCUT2D eigenvalue weighted by atomic mass is 127. The quantitative estimate of drug-likeness (QED) is 0.585. The van der Waals surface area contributed by atoms with Crippen molar-refractivity contribution in [3.63, 3.8) is 0 Å². The number of rotatable bonds is 0. The van der Waals surface area contributed by atoms with E-state index in [0.29, 0.717) is 16.3 Å². The van der Waals surface area contributed by atoms with Gasteiger partial charge >= 0.3 is 0 Å². The number of nitrogens with zero attached hydrogens (tertiary/aromatic N) is 1. The minimum Gasteiger partial charge on any atom is -0.398 e. The summed E-state index contributed by atoms with van der Waals surface area (Å²) >= 11 is 7.79. The molecular formula is C7H4ClIN2. The summed E-state index contributed by atoms with van der Waals surface area (Å²) in [6, 6.07) is 5.17. The number of nitriles is 1. The van der Waals surface area contributed by atoms with Crippen LogP contribution in [0.5, 0.6) is 0 Å². The molecule has 0 aliphatic rings. The van der Waals surface area contributed by atoms with Crippen molar-refractivity contribution in [3.8, 4) is 6.07 Å². The predicted octanol–water partition coefficient (Wildman–Crippen LogP) is 2.40. The van der Waals surface area contributed by atoms with Crippen LogP contribution in [0, 0.1) is 14.9 Å². The molecule has 0 heterocycles. The Bertz CT molecular complexity index is 307. The Labute approximate surface area is 83.1 Å². The molecule has 0 fully saturated rings. The van der Waals surface area contributed by atoms with Crippen molar-refractivity contribution in [3.05, 3.63) is 26.3 Å². The van der Waals surface area contributed by atoms with Crippen LogP contribution >= 0.6 is 34.2 Å². The van der Waals surface area contributed by atoms with Gasteiger partial charge in [-0.15, -0.1) is 0 Å². The first-order valence-corrected chi connectivity index (χ1v) is 4.25. The number of anilines is 1. The van der Waals surface area contributed by atoms with E-state index in [4.69, 9.17) is 22.6 Å². The fraction of sp³-hybridized carbons (Fsp3) is 0. The van der Waals surface area contributed by atoms with Crippen LogP contribution in [0.1, 0.15) is 5.56 Å². The first kappa shape index (κ1) is 8.62. The molecule has 56 valence electrons. The number of nitrogen functional groups attached to an aromatic ring is 1. The monoisotopic (exact) mass is 278 g/mol. The zero-order valence-corrected chi connectivity index (χ0v) is 8.35. The summed E-state index contributed by atoms with van der Waals surface area (Å²) in [6.07, 6.45) is 0. The highest BCUT2D eigenvalue weighted by molar-refractivity contribution is 14.1. The molecule has 0 radical (unpaired) electrons. The maximum atomic E-state index is 8.51. The minimum absolute atomic E-state index is 0.493. The SMILES string of the molecule is N#Cc1cc(N)c(I)c(Cl)c1. The van der Waals surface area contributed by atoms with E-state index >= 15 is 0 Å². The van der Waals surface area contributed by atoms with Crippen molar-refractivity contribution in [1.29, 1.82) is 5.26 Å². The third-order valence-electron chi connectivity index (χ3n) is 1.19. The van der Waals surface area contributed by atoms with E-state index in [2.05, 4.69) is 0 Å². The van der Waals surface area contributed by atoms with E-state index in [0.717, 1.165) is 3.57 Å². The Morgan fingerprint density at radius 2 is 2.18 bits per heavy atom. The van der Waals surface area contributed by atoms with E-state index in [1.54, 1.807) is 12.1 Å². The average molecular weight is 278 g/mol. The van der Waals surface area contributed by atoms with Gasteiger partial charge in [0.15, 0.2) is 0 Å². The van der Waals surface area contributed by atoms with Crippen molar-refractivity contribution in [2.75, 3.05) is 5.73 Å². The van der Waals surface area contributed by atoms with E-state index < -0.39 is 0 Å². The van der Waals surface area contributed by atoms with Crippen LogP contribution in [0.2, 0.25) is 5.02 Å². The molecular weight excluding hydrogens is 274 g/mol. The summed E-state index contributed by atoms with van der Waals surface area (Å²) in [4.78, 5) is 0. The molecule has 0 bridgehead atoms. The van der Waals surface area contributed by atoms with Gasteiger partial charge in [-0.05, 0) is 34.7 Å². The predicted molar refractivity (Wildman–Crippen MR) is 53.3 cm³/mol. The van der Waals surface area contributed by atoms with Gasteiger partial charge in [-0.3, -0.25) is 0 Å². The first-order chi connectivity index (χ1) is 5.15. The fourth-order valence-corrected chi connectivity index (χ4v) is 1.21. The summed E-state index contributed by atoms with van der Waals surface area (Å²) in [7, 11) is 0. The molecule has 11 heavy (non-hydrogen) atoms. The summed E-state index contributed by atoms with van der Waals surface area (Å²) in [6.45, 7) is 0. The van der Waals surface area contributed by atoms with Crippen molar-refractivity contribution < 1.29 is 0 Å². The van der Waals surface area contributed by atoms with Gasteiger partial charge in [0.25, 0.3) is 0 Å². The first-order valence-electron chi connectivity index (χ1n) is 2.79. The van der Waals surface area contributed by atoms with Gasteiger partial charge in [0.1, 0.15) is 0 Å². The fourth-order valence-electron chi connectivity index (χ4n) is 0.675. The Hall–Kier alpha value is -0.470. The molecule has 0 saturated carbocycles. The van der Waals surface area contributed by atoms with Gasteiger partial charge < -0.3 is 5.73 Å². The van der Waals surface area contributed by atoms with Gasteiger partial charge in [0.2, 0.25) is 0 Å². The van der Waals surface area contributed by atoms with E-state index in [1.165, 1.54) is 0 Å². The molecule has 0 atom stereocenters. The zero-order chi connectivity index (χ0) is 8.43. The van der Waals surface area contributed by atoms with Crippen LogP contribution in [-0.2, 0) is 0 Å². The van der Waals surface area contributed by atoms with Crippen LogP contribution < -0.4 is 5.73 Å². The van der Waals surface area contributed by atoms with Gasteiger partial charge in [0.05, 0.1) is 20.2 Å². The van der Waals surface area contributed by atoms with E-state index in [1.807, 2.05) is 28.7 Å². The average Bonchev–Trinajstić information content (AvgIpc) is 1.99. The van der Waals surface area contributed by atoms with Crippen molar-refractivity contribution >= 4 is 39.9 Å². The van der Waals surface area contributed by atoms with Crippen LogP contribution in [0.3, 0.4) is 0 Å². The van der Waals surface area contributed by atoms with Crippen molar-refractivity contribution in [2.45, 2.75) is 0 Å². The number of hydrogen-bond donors (Lipinski definition) is 1. The Morgan fingerprint density at radius 3 is 2.64 bits per heavy atom. The maximum absolute atomic E-state index is 8.51. The second-order valence-electron chi connectivity index (χ2n) is 1.97. The normalized spacial score (nSPS) is 9.18. The molecule has 0 aliphatic carbocycles. The lowest BCUT2D eigenvalue weighted by atomic mass is 10.2. The second kappa shape index (κ2) is 3.28. The number of benzene rings is 1. The standard InChI is InChI=1S/C7H4ClIN2/c8-5-1-4(3-10)2-6(11)7(5)9/h1-2H,11H2. The number of nitrogens with two attached hydrogens (primary N) is 1.